The Bertz CT molecular complexity index is 926. The van der Waals surface area contributed by atoms with Crippen molar-refractivity contribution < 1.29 is 34.2 Å². The summed E-state index contributed by atoms with van der Waals surface area (Å²) in [6.07, 6.45) is -0.290. The van der Waals surface area contributed by atoms with E-state index in [1.807, 2.05) is 0 Å². The zero-order valence-electron chi connectivity index (χ0n) is 20.3. The van der Waals surface area contributed by atoms with E-state index in [9.17, 15) is 34.2 Å². The third-order valence-corrected chi connectivity index (χ3v) is 5.57. The number of carboxylic acid groups (broad SMARTS) is 1. The van der Waals surface area contributed by atoms with E-state index in [0.717, 1.165) is 0 Å². The highest BCUT2D eigenvalue weighted by molar-refractivity contribution is 7.80. The molecule has 0 aliphatic rings. The Balaban J connectivity index is 3.14. The first-order valence-electron chi connectivity index (χ1n) is 11.4. The third kappa shape index (κ3) is 11.0. The van der Waals surface area contributed by atoms with Crippen molar-refractivity contribution in [3.05, 3.63) is 29.8 Å². The van der Waals surface area contributed by atoms with Crippen molar-refractivity contribution in [2.24, 2.45) is 17.4 Å². The number of hydrogen-bond acceptors (Lipinski definition) is 8. The summed E-state index contributed by atoms with van der Waals surface area (Å²) in [5.74, 6) is -4.17. The van der Waals surface area contributed by atoms with Crippen LogP contribution < -0.4 is 27.4 Å². The number of aromatic hydroxyl groups is 1. The standard InChI is InChI=1S/C23H35N5O7S/c1-12(2)9-18(23(34)35)28-21(32)16(7-8-19(25)30)26-22(33)17(27-20(31)15(24)11-36)10-13-3-5-14(29)6-4-13/h3-6,12,15-18,29,36H,7-11,24H2,1-2H3,(H2,25,30)(H,26,33)(H,27,31)(H,28,32)(H,34,35). The minimum absolute atomic E-state index is 0.00754. The summed E-state index contributed by atoms with van der Waals surface area (Å²) in [5.41, 5.74) is 11.5. The highest BCUT2D eigenvalue weighted by Crippen LogP contribution is 2.12. The van der Waals surface area contributed by atoms with Crippen LogP contribution in [0.2, 0.25) is 0 Å². The number of aliphatic carboxylic acids is 1. The molecule has 1 rings (SSSR count). The average Bonchev–Trinajstić information content (AvgIpc) is 2.80. The van der Waals surface area contributed by atoms with E-state index in [-0.39, 0.29) is 43.1 Å². The lowest BCUT2D eigenvalue weighted by Gasteiger charge is -2.25. The van der Waals surface area contributed by atoms with Crippen LogP contribution in [0, 0.1) is 5.92 Å². The summed E-state index contributed by atoms with van der Waals surface area (Å²) >= 11 is 3.98. The predicted octanol–water partition coefficient (Wildman–Crippen LogP) is -0.958. The van der Waals surface area contributed by atoms with Gasteiger partial charge in [0, 0.05) is 18.6 Å². The molecule has 1 aromatic carbocycles. The lowest BCUT2D eigenvalue weighted by Crippen LogP contribution is -2.58. The molecule has 200 valence electrons. The van der Waals surface area contributed by atoms with Gasteiger partial charge in [0.1, 0.15) is 23.9 Å². The van der Waals surface area contributed by atoms with Crippen molar-refractivity contribution in [2.45, 2.75) is 63.7 Å². The van der Waals surface area contributed by atoms with Crippen LogP contribution in [0.15, 0.2) is 24.3 Å². The van der Waals surface area contributed by atoms with Gasteiger partial charge < -0.3 is 37.6 Å². The molecule has 0 bridgehead atoms. The van der Waals surface area contributed by atoms with Gasteiger partial charge in [0.05, 0.1) is 6.04 Å². The molecule has 0 saturated carbocycles. The maximum absolute atomic E-state index is 13.2. The molecule has 9 N–H and O–H groups in total. The number of phenolic OH excluding ortho intramolecular Hbond substituents is 1. The van der Waals surface area contributed by atoms with Crippen LogP contribution in [-0.4, -0.2) is 69.7 Å². The molecule has 0 fully saturated rings. The Morgan fingerprint density at radius 1 is 0.917 bits per heavy atom. The van der Waals surface area contributed by atoms with Gasteiger partial charge in [0.2, 0.25) is 23.6 Å². The quantitative estimate of drug-likeness (QED) is 0.133. The minimum atomic E-state index is -1.29. The van der Waals surface area contributed by atoms with E-state index < -0.39 is 53.8 Å². The van der Waals surface area contributed by atoms with Crippen LogP contribution in [0.5, 0.6) is 5.75 Å². The number of thiol groups is 1. The van der Waals surface area contributed by atoms with Crippen molar-refractivity contribution in [1.29, 1.82) is 0 Å². The monoisotopic (exact) mass is 525 g/mol. The number of benzene rings is 1. The highest BCUT2D eigenvalue weighted by atomic mass is 32.1. The maximum atomic E-state index is 13.2. The van der Waals surface area contributed by atoms with Crippen molar-refractivity contribution >= 4 is 42.2 Å². The summed E-state index contributed by atoms with van der Waals surface area (Å²) < 4.78 is 0. The Morgan fingerprint density at radius 2 is 1.44 bits per heavy atom. The highest BCUT2D eigenvalue weighted by Gasteiger charge is 2.30. The predicted molar refractivity (Wildman–Crippen MR) is 135 cm³/mol. The smallest absolute Gasteiger partial charge is 0.326 e. The van der Waals surface area contributed by atoms with E-state index >= 15 is 0 Å². The number of nitrogens with two attached hydrogens (primary N) is 2. The van der Waals surface area contributed by atoms with Crippen molar-refractivity contribution in [3.63, 3.8) is 0 Å². The molecule has 0 radical (unpaired) electrons. The Hall–Kier alpha value is -3.32. The molecule has 4 unspecified atom stereocenters. The van der Waals surface area contributed by atoms with Crippen molar-refractivity contribution in [1.82, 2.24) is 16.0 Å². The molecular formula is C23H35N5O7S. The normalized spacial score (nSPS) is 14.2. The molecule has 0 aliphatic heterocycles. The number of nitrogens with one attached hydrogen (secondary N) is 3. The van der Waals surface area contributed by atoms with Crippen LogP contribution in [0.1, 0.15) is 38.7 Å². The molecule has 12 nitrogen and oxygen atoms in total. The van der Waals surface area contributed by atoms with Gasteiger partial charge in [0.15, 0.2) is 0 Å². The minimum Gasteiger partial charge on any atom is -0.508 e. The summed E-state index contributed by atoms with van der Waals surface area (Å²) in [6.45, 7) is 3.58. The van der Waals surface area contributed by atoms with Crippen molar-refractivity contribution in [2.75, 3.05) is 5.75 Å². The van der Waals surface area contributed by atoms with Crippen LogP contribution >= 0.6 is 12.6 Å². The summed E-state index contributed by atoms with van der Waals surface area (Å²) in [4.78, 5) is 61.3. The second-order valence-electron chi connectivity index (χ2n) is 8.82. The summed E-state index contributed by atoms with van der Waals surface area (Å²) in [5, 5.41) is 26.3. The van der Waals surface area contributed by atoms with E-state index in [0.29, 0.717) is 5.56 Å². The van der Waals surface area contributed by atoms with Crippen molar-refractivity contribution in [3.8, 4) is 5.75 Å². The lowest BCUT2D eigenvalue weighted by molar-refractivity contribution is -0.143. The number of rotatable bonds is 15. The third-order valence-electron chi connectivity index (χ3n) is 5.18. The second kappa shape index (κ2) is 14.9. The van der Waals surface area contributed by atoms with Crippen LogP contribution in [-0.2, 0) is 30.4 Å². The molecule has 0 aliphatic carbocycles. The molecule has 0 spiro atoms. The molecule has 4 amide bonds. The molecule has 0 aromatic heterocycles. The van der Waals surface area contributed by atoms with E-state index in [1.165, 1.54) is 12.1 Å². The summed E-state index contributed by atoms with van der Waals surface area (Å²) in [6, 6.07) is 1.27. The molecule has 1 aromatic rings. The van der Waals surface area contributed by atoms with Crippen LogP contribution in [0.4, 0.5) is 0 Å². The zero-order valence-corrected chi connectivity index (χ0v) is 21.2. The number of hydrogen-bond donors (Lipinski definition) is 8. The zero-order chi connectivity index (χ0) is 27.4. The number of carboxylic acids is 1. The first-order valence-corrected chi connectivity index (χ1v) is 12.0. The van der Waals surface area contributed by atoms with Gasteiger partial charge in [-0.05, 0) is 36.5 Å². The van der Waals surface area contributed by atoms with Gasteiger partial charge in [-0.25, -0.2) is 4.79 Å². The molecule has 0 heterocycles. The van der Waals surface area contributed by atoms with E-state index in [4.69, 9.17) is 11.5 Å². The largest absolute Gasteiger partial charge is 0.508 e. The summed E-state index contributed by atoms with van der Waals surface area (Å²) in [7, 11) is 0. The van der Waals surface area contributed by atoms with Gasteiger partial charge in [-0.2, -0.15) is 12.6 Å². The SMILES string of the molecule is CC(C)CC(NC(=O)C(CCC(N)=O)NC(=O)C(Cc1ccc(O)cc1)NC(=O)C(N)CS)C(=O)O. The fourth-order valence-electron chi connectivity index (χ4n) is 3.23. The van der Waals surface area contributed by atoms with Crippen LogP contribution in [0.3, 0.4) is 0 Å². The van der Waals surface area contributed by atoms with Gasteiger partial charge in [-0.15, -0.1) is 0 Å². The molecular weight excluding hydrogens is 490 g/mol. The molecule has 36 heavy (non-hydrogen) atoms. The van der Waals surface area contributed by atoms with E-state index in [1.54, 1.807) is 26.0 Å². The molecule has 4 atom stereocenters. The van der Waals surface area contributed by atoms with Gasteiger partial charge >= 0.3 is 5.97 Å². The van der Waals surface area contributed by atoms with Crippen LogP contribution in [0.25, 0.3) is 0 Å². The average molecular weight is 526 g/mol. The molecule has 0 saturated heterocycles. The van der Waals surface area contributed by atoms with Gasteiger partial charge in [-0.1, -0.05) is 26.0 Å². The second-order valence-corrected chi connectivity index (χ2v) is 9.18. The Morgan fingerprint density at radius 3 is 1.94 bits per heavy atom. The van der Waals surface area contributed by atoms with Gasteiger partial charge in [-0.3, -0.25) is 19.2 Å². The first-order chi connectivity index (χ1) is 16.8. The number of primary amides is 1. The Labute approximate surface area is 215 Å². The number of amides is 4. The lowest BCUT2D eigenvalue weighted by atomic mass is 10.0. The number of carbonyl (C=O) groups is 5. The Kier molecular flexibility index (Phi) is 12.7. The first kappa shape index (κ1) is 30.7. The van der Waals surface area contributed by atoms with Gasteiger partial charge in [0.25, 0.3) is 0 Å². The number of carbonyl (C=O) groups excluding carboxylic acids is 4. The number of phenols is 1. The molecule has 13 heteroatoms. The topological polar surface area (TPSA) is 214 Å². The maximum Gasteiger partial charge on any atom is 0.326 e. The fraction of sp³-hybridized carbons (Fsp3) is 0.522. The fourth-order valence-corrected chi connectivity index (χ4v) is 3.40. The van der Waals surface area contributed by atoms with E-state index in [2.05, 4.69) is 28.6 Å².